The largest absolute Gasteiger partial charge is 0.481 e. The van der Waals surface area contributed by atoms with E-state index in [-0.39, 0.29) is 11.8 Å². The van der Waals surface area contributed by atoms with E-state index in [1.807, 2.05) is 30.3 Å². The highest BCUT2D eigenvalue weighted by molar-refractivity contribution is 5.80. The molecule has 1 aromatic rings. The predicted molar refractivity (Wildman–Crippen MR) is 73.1 cm³/mol. The van der Waals surface area contributed by atoms with Gasteiger partial charge in [-0.3, -0.25) is 9.59 Å². The minimum atomic E-state index is -0.929. The Bertz CT molecular complexity index is 468. The Balaban J connectivity index is 2.14. The van der Waals surface area contributed by atoms with Crippen molar-refractivity contribution in [2.45, 2.75) is 19.4 Å². The number of amides is 1. The smallest absolute Gasteiger partial charge is 0.308 e. The number of hydrogen-bond acceptors (Lipinski definition) is 3. The topological polar surface area (TPSA) is 75.6 Å². The average molecular weight is 277 g/mol. The Hall–Kier alpha value is -1.88. The highest BCUT2D eigenvalue weighted by Gasteiger charge is 2.30. The van der Waals surface area contributed by atoms with Crippen LogP contribution in [0.5, 0.6) is 0 Å². The van der Waals surface area contributed by atoms with E-state index in [0.29, 0.717) is 19.6 Å². The van der Waals surface area contributed by atoms with Crippen molar-refractivity contribution in [1.29, 1.82) is 0 Å². The van der Waals surface area contributed by atoms with E-state index in [0.717, 1.165) is 5.56 Å². The van der Waals surface area contributed by atoms with Crippen molar-refractivity contribution in [3.8, 4) is 0 Å². The van der Waals surface area contributed by atoms with Crippen molar-refractivity contribution in [2.75, 3.05) is 13.2 Å². The number of carbonyl (C=O) groups excluding carboxylic acids is 1. The molecule has 2 N–H and O–H groups in total. The highest BCUT2D eigenvalue weighted by Crippen LogP contribution is 2.23. The first-order chi connectivity index (χ1) is 9.59. The molecule has 0 bridgehead atoms. The molecule has 2 rings (SSSR count). The Morgan fingerprint density at radius 2 is 2.05 bits per heavy atom. The van der Waals surface area contributed by atoms with Gasteiger partial charge in [-0.1, -0.05) is 30.3 Å². The molecule has 108 valence electrons. The van der Waals surface area contributed by atoms with Gasteiger partial charge < -0.3 is 15.2 Å². The van der Waals surface area contributed by atoms with Crippen LogP contribution in [0.1, 0.15) is 24.9 Å². The van der Waals surface area contributed by atoms with Crippen LogP contribution in [0.4, 0.5) is 0 Å². The van der Waals surface area contributed by atoms with Crippen molar-refractivity contribution in [1.82, 2.24) is 5.32 Å². The van der Waals surface area contributed by atoms with Gasteiger partial charge >= 0.3 is 5.97 Å². The highest BCUT2D eigenvalue weighted by atomic mass is 16.5. The average Bonchev–Trinajstić information content (AvgIpc) is 2.99. The van der Waals surface area contributed by atoms with E-state index >= 15 is 0 Å². The summed E-state index contributed by atoms with van der Waals surface area (Å²) >= 11 is 0. The van der Waals surface area contributed by atoms with Crippen LogP contribution >= 0.6 is 0 Å². The third kappa shape index (κ3) is 3.36. The normalized spacial score (nSPS) is 21.1. The molecule has 3 unspecified atom stereocenters. The molecule has 5 nitrogen and oxygen atoms in total. The molecule has 1 fully saturated rings. The molecule has 3 atom stereocenters. The number of carboxylic acids is 1. The zero-order valence-corrected chi connectivity index (χ0v) is 11.4. The van der Waals surface area contributed by atoms with Crippen LogP contribution in [0.2, 0.25) is 0 Å². The van der Waals surface area contributed by atoms with Crippen molar-refractivity contribution < 1.29 is 19.4 Å². The zero-order valence-electron chi connectivity index (χ0n) is 11.4. The lowest BCUT2D eigenvalue weighted by Crippen LogP contribution is -2.39. The summed E-state index contributed by atoms with van der Waals surface area (Å²) in [5.41, 5.74) is 0.801. The number of aliphatic carboxylic acids is 1. The number of carbonyl (C=O) groups is 2. The molecule has 0 aliphatic carbocycles. The monoisotopic (exact) mass is 277 g/mol. The van der Waals surface area contributed by atoms with Crippen LogP contribution in [-0.4, -0.2) is 30.2 Å². The number of benzene rings is 1. The second kappa shape index (κ2) is 6.52. The Morgan fingerprint density at radius 3 is 2.60 bits per heavy atom. The van der Waals surface area contributed by atoms with Crippen molar-refractivity contribution >= 4 is 11.9 Å². The quantitative estimate of drug-likeness (QED) is 0.857. The summed E-state index contributed by atoms with van der Waals surface area (Å²) in [4.78, 5) is 23.4. The molecule has 1 amide bonds. The standard InChI is InChI=1S/C15H19NO4/c1-10(15(18)19)13(11-5-3-2-4-6-11)16-14(17)12-7-8-20-9-12/h2-6,10,12-13H,7-9H2,1H3,(H,16,17)(H,18,19). The van der Waals surface area contributed by atoms with E-state index in [1.54, 1.807) is 6.92 Å². The van der Waals surface area contributed by atoms with Gasteiger partial charge in [0.2, 0.25) is 5.91 Å². The van der Waals surface area contributed by atoms with E-state index in [1.165, 1.54) is 0 Å². The van der Waals surface area contributed by atoms with Crippen LogP contribution in [-0.2, 0) is 14.3 Å². The summed E-state index contributed by atoms with van der Waals surface area (Å²) in [6.07, 6.45) is 0.689. The van der Waals surface area contributed by atoms with Gasteiger partial charge in [0.05, 0.1) is 24.5 Å². The third-order valence-electron chi connectivity index (χ3n) is 3.65. The second-order valence-corrected chi connectivity index (χ2v) is 5.08. The first kappa shape index (κ1) is 14.5. The minimum absolute atomic E-state index is 0.135. The molecular weight excluding hydrogens is 258 g/mol. The fourth-order valence-corrected chi connectivity index (χ4v) is 2.31. The molecule has 0 radical (unpaired) electrons. The summed E-state index contributed by atoms with van der Waals surface area (Å²) in [6, 6.07) is 8.66. The maximum atomic E-state index is 12.2. The second-order valence-electron chi connectivity index (χ2n) is 5.08. The summed E-state index contributed by atoms with van der Waals surface area (Å²) in [5.74, 6) is -1.93. The summed E-state index contributed by atoms with van der Waals surface area (Å²) < 4.78 is 5.20. The minimum Gasteiger partial charge on any atom is -0.481 e. The van der Waals surface area contributed by atoms with Gasteiger partial charge in [-0.15, -0.1) is 0 Å². The first-order valence-corrected chi connectivity index (χ1v) is 6.75. The van der Waals surface area contributed by atoms with Crippen LogP contribution in [0.15, 0.2) is 30.3 Å². The van der Waals surface area contributed by atoms with Crippen LogP contribution in [0, 0.1) is 11.8 Å². The van der Waals surface area contributed by atoms with Gasteiger partial charge in [0.15, 0.2) is 0 Å². The van der Waals surface area contributed by atoms with Gasteiger partial charge in [-0.05, 0) is 18.9 Å². The number of hydrogen-bond donors (Lipinski definition) is 2. The molecule has 0 aromatic heterocycles. The number of rotatable bonds is 5. The molecule has 0 saturated carbocycles. The molecule has 1 aliphatic rings. The molecule has 5 heteroatoms. The Kier molecular flexibility index (Phi) is 4.74. The number of carboxylic acid groups (broad SMARTS) is 1. The number of nitrogens with one attached hydrogen (secondary N) is 1. The lowest BCUT2D eigenvalue weighted by molar-refractivity contribution is -0.142. The molecule has 1 heterocycles. The molecule has 1 aromatic carbocycles. The van der Waals surface area contributed by atoms with E-state index < -0.39 is 17.9 Å². The lowest BCUT2D eigenvalue weighted by Gasteiger charge is -2.24. The third-order valence-corrected chi connectivity index (χ3v) is 3.65. The number of ether oxygens (including phenoxy) is 1. The zero-order chi connectivity index (χ0) is 14.5. The lowest BCUT2D eigenvalue weighted by atomic mass is 9.93. The molecule has 1 aliphatic heterocycles. The SMILES string of the molecule is CC(C(=O)O)C(NC(=O)C1CCOC1)c1ccccc1. The van der Waals surface area contributed by atoms with Gasteiger partial charge in [0.25, 0.3) is 0 Å². The molecule has 1 saturated heterocycles. The van der Waals surface area contributed by atoms with Gasteiger partial charge in [0, 0.05) is 6.61 Å². The van der Waals surface area contributed by atoms with E-state index in [2.05, 4.69) is 5.32 Å². The fourth-order valence-electron chi connectivity index (χ4n) is 2.31. The van der Waals surface area contributed by atoms with Crippen molar-refractivity contribution in [2.24, 2.45) is 11.8 Å². The molecule has 0 spiro atoms. The van der Waals surface area contributed by atoms with Crippen LogP contribution in [0.25, 0.3) is 0 Å². The van der Waals surface area contributed by atoms with Crippen molar-refractivity contribution in [3.05, 3.63) is 35.9 Å². The van der Waals surface area contributed by atoms with Gasteiger partial charge in [-0.25, -0.2) is 0 Å². The first-order valence-electron chi connectivity index (χ1n) is 6.75. The van der Waals surface area contributed by atoms with Gasteiger partial charge in [-0.2, -0.15) is 0 Å². The van der Waals surface area contributed by atoms with Gasteiger partial charge in [0.1, 0.15) is 0 Å². The molecular formula is C15H19NO4. The van der Waals surface area contributed by atoms with E-state index in [4.69, 9.17) is 4.74 Å². The summed E-state index contributed by atoms with van der Waals surface area (Å²) in [7, 11) is 0. The Labute approximate surface area is 117 Å². The molecule has 20 heavy (non-hydrogen) atoms. The maximum absolute atomic E-state index is 12.2. The van der Waals surface area contributed by atoms with Crippen LogP contribution < -0.4 is 5.32 Å². The fraction of sp³-hybridized carbons (Fsp3) is 0.467. The van der Waals surface area contributed by atoms with E-state index in [9.17, 15) is 14.7 Å². The van der Waals surface area contributed by atoms with Crippen LogP contribution in [0.3, 0.4) is 0 Å². The Morgan fingerprint density at radius 1 is 1.35 bits per heavy atom. The maximum Gasteiger partial charge on any atom is 0.308 e. The van der Waals surface area contributed by atoms with Crippen molar-refractivity contribution in [3.63, 3.8) is 0 Å². The predicted octanol–water partition coefficient (Wildman–Crippen LogP) is 1.60. The summed E-state index contributed by atoms with van der Waals surface area (Å²) in [6.45, 7) is 2.60. The summed E-state index contributed by atoms with van der Waals surface area (Å²) in [5, 5.41) is 12.1.